The van der Waals surface area contributed by atoms with Crippen LogP contribution < -0.4 is 0 Å². The fourth-order valence-electron chi connectivity index (χ4n) is 3.53. The van der Waals surface area contributed by atoms with Gasteiger partial charge in [-0.25, -0.2) is 13.6 Å². The maximum Gasteiger partial charge on any atom is 0.410 e. The van der Waals surface area contributed by atoms with Crippen LogP contribution in [0.25, 0.3) is 0 Å². The Bertz CT molecular complexity index is 509. The second-order valence-electron chi connectivity index (χ2n) is 8.45. The molecule has 1 saturated heterocycles. The average molecular weight is 360 g/mol. The van der Waals surface area contributed by atoms with Crippen LogP contribution in [0.3, 0.4) is 0 Å². The highest BCUT2D eigenvalue weighted by Gasteiger charge is 2.42. The normalized spacial score (nSPS) is 28.0. The van der Waals surface area contributed by atoms with Crippen LogP contribution in [0, 0.1) is 5.92 Å². The summed E-state index contributed by atoms with van der Waals surface area (Å²) in [5.74, 6) is -3.02. The maximum atomic E-state index is 13.3. The van der Waals surface area contributed by atoms with Crippen LogP contribution >= 0.6 is 0 Å². The second kappa shape index (κ2) is 7.08. The Kier molecular flexibility index (Phi) is 5.64. The molecule has 2 amide bonds. The first-order chi connectivity index (χ1) is 11.4. The number of ether oxygens (including phenoxy) is 1. The predicted octanol–water partition coefficient (Wildman–Crippen LogP) is 3.67. The molecule has 1 saturated carbocycles. The molecule has 25 heavy (non-hydrogen) atoms. The van der Waals surface area contributed by atoms with E-state index in [2.05, 4.69) is 0 Å². The molecule has 0 N–H and O–H groups in total. The third-order valence-corrected chi connectivity index (χ3v) is 4.96. The van der Waals surface area contributed by atoms with E-state index in [-0.39, 0.29) is 55.7 Å². The Morgan fingerprint density at radius 1 is 1.00 bits per heavy atom. The number of halogens is 2. The molecule has 5 nitrogen and oxygen atoms in total. The summed E-state index contributed by atoms with van der Waals surface area (Å²) in [6, 6.07) is -0.321. The topological polar surface area (TPSA) is 49.9 Å². The summed E-state index contributed by atoms with van der Waals surface area (Å²) in [5.41, 5.74) is -0.569. The lowest BCUT2D eigenvalue weighted by Gasteiger charge is -2.45. The number of carbonyl (C=O) groups is 2. The van der Waals surface area contributed by atoms with Gasteiger partial charge >= 0.3 is 6.09 Å². The van der Waals surface area contributed by atoms with Gasteiger partial charge in [0.1, 0.15) is 5.60 Å². The van der Waals surface area contributed by atoms with Crippen LogP contribution in [0.15, 0.2) is 0 Å². The molecule has 2 rings (SSSR count). The first-order valence-corrected chi connectivity index (χ1v) is 9.07. The Balaban J connectivity index is 1.97. The van der Waals surface area contributed by atoms with Crippen molar-refractivity contribution in [3.63, 3.8) is 0 Å². The number of rotatable bonds is 1. The number of alkyl halides is 2. The molecule has 0 unspecified atom stereocenters. The van der Waals surface area contributed by atoms with E-state index in [1.165, 1.54) is 0 Å². The molecule has 0 aromatic heterocycles. The van der Waals surface area contributed by atoms with Crippen molar-refractivity contribution in [2.24, 2.45) is 5.92 Å². The summed E-state index contributed by atoms with van der Waals surface area (Å²) >= 11 is 0. The maximum absolute atomic E-state index is 13.3. The zero-order chi connectivity index (χ0) is 19.0. The number of carbonyl (C=O) groups excluding carboxylic acids is 2. The SMILES string of the molecule is C[C@@H]1CN(C(=O)OC(C)(C)C)[C@@H](C)CN1C(=O)C1CCC(F)(F)CC1. The summed E-state index contributed by atoms with van der Waals surface area (Å²) < 4.78 is 32.1. The Hall–Kier alpha value is -1.40. The number of piperazine rings is 1. The molecular weight excluding hydrogens is 330 g/mol. The van der Waals surface area contributed by atoms with Crippen molar-refractivity contribution in [3.8, 4) is 0 Å². The first kappa shape index (κ1) is 19.9. The zero-order valence-corrected chi connectivity index (χ0v) is 15.8. The summed E-state index contributed by atoms with van der Waals surface area (Å²) in [7, 11) is 0. The molecule has 0 aromatic rings. The lowest BCUT2D eigenvalue weighted by Crippen LogP contribution is -2.61. The number of hydrogen-bond acceptors (Lipinski definition) is 3. The van der Waals surface area contributed by atoms with E-state index in [9.17, 15) is 18.4 Å². The van der Waals surface area contributed by atoms with Gasteiger partial charge in [-0.15, -0.1) is 0 Å². The standard InChI is InChI=1S/C18H30F2N2O3/c1-12-11-22(16(24)25-17(3,4)5)13(2)10-21(12)15(23)14-6-8-18(19,20)9-7-14/h12-14H,6-11H2,1-5H3/t12-,13+/m1/s1. The molecule has 0 bridgehead atoms. The van der Waals surface area contributed by atoms with Gasteiger partial charge < -0.3 is 14.5 Å². The Morgan fingerprint density at radius 3 is 2.00 bits per heavy atom. The number of nitrogens with zero attached hydrogens (tertiary/aromatic N) is 2. The third kappa shape index (κ3) is 5.05. The van der Waals surface area contributed by atoms with Crippen LogP contribution in [-0.2, 0) is 9.53 Å². The molecule has 144 valence electrons. The summed E-state index contributed by atoms with van der Waals surface area (Å²) in [6.45, 7) is 10.0. The fourth-order valence-corrected chi connectivity index (χ4v) is 3.53. The summed E-state index contributed by atoms with van der Waals surface area (Å²) in [5, 5.41) is 0. The lowest BCUT2D eigenvalue weighted by molar-refractivity contribution is -0.145. The number of amides is 2. The minimum Gasteiger partial charge on any atom is -0.444 e. The van der Waals surface area contributed by atoms with Crippen LogP contribution in [-0.4, -0.2) is 58.5 Å². The summed E-state index contributed by atoms with van der Waals surface area (Å²) in [6.07, 6.45) is -0.342. The van der Waals surface area contributed by atoms with E-state index in [1.54, 1.807) is 9.80 Å². The highest BCUT2D eigenvalue weighted by molar-refractivity contribution is 5.80. The van der Waals surface area contributed by atoms with Gasteiger partial charge in [-0.1, -0.05) is 0 Å². The van der Waals surface area contributed by atoms with E-state index in [0.29, 0.717) is 13.1 Å². The smallest absolute Gasteiger partial charge is 0.410 e. The molecule has 0 aromatic carbocycles. The molecule has 0 radical (unpaired) electrons. The van der Waals surface area contributed by atoms with Crippen LogP contribution in [0.2, 0.25) is 0 Å². The number of hydrogen-bond donors (Lipinski definition) is 0. The molecular formula is C18H30F2N2O3. The van der Waals surface area contributed by atoms with Gasteiger partial charge in [0.2, 0.25) is 11.8 Å². The largest absolute Gasteiger partial charge is 0.444 e. The molecule has 2 fully saturated rings. The van der Waals surface area contributed by atoms with Gasteiger partial charge in [-0.2, -0.15) is 0 Å². The monoisotopic (exact) mass is 360 g/mol. The molecule has 1 heterocycles. The lowest BCUT2D eigenvalue weighted by atomic mass is 9.85. The first-order valence-electron chi connectivity index (χ1n) is 9.07. The van der Waals surface area contributed by atoms with Gasteiger partial charge in [-0.3, -0.25) is 4.79 Å². The highest BCUT2D eigenvalue weighted by Crippen LogP contribution is 2.37. The van der Waals surface area contributed by atoms with Crippen molar-refractivity contribution in [1.82, 2.24) is 9.80 Å². The van der Waals surface area contributed by atoms with Crippen LogP contribution in [0.4, 0.5) is 13.6 Å². The second-order valence-corrected chi connectivity index (χ2v) is 8.45. The Labute approximate surface area is 148 Å². The molecule has 0 spiro atoms. The van der Waals surface area contributed by atoms with Crippen molar-refractivity contribution in [2.75, 3.05) is 13.1 Å². The van der Waals surface area contributed by atoms with Crippen molar-refractivity contribution in [3.05, 3.63) is 0 Å². The van der Waals surface area contributed by atoms with Crippen molar-refractivity contribution < 1.29 is 23.1 Å². The van der Waals surface area contributed by atoms with E-state index in [0.717, 1.165) is 0 Å². The predicted molar refractivity (Wildman–Crippen MR) is 90.5 cm³/mol. The van der Waals surface area contributed by atoms with Crippen molar-refractivity contribution in [1.29, 1.82) is 0 Å². The van der Waals surface area contributed by atoms with E-state index in [1.807, 2.05) is 34.6 Å². The molecule has 2 atom stereocenters. The van der Waals surface area contributed by atoms with Gasteiger partial charge in [0.05, 0.1) is 0 Å². The quantitative estimate of drug-likeness (QED) is 0.717. The molecule has 2 aliphatic rings. The average Bonchev–Trinajstić information content (AvgIpc) is 2.46. The van der Waals surface area contributed by atoms with E-state index in [4.69, 9.17) is 4.74 Å². The van der Waals surface area contributed by atoms with Gasteiger partial charge in [0, 0.05) is 43.9 Å². The molecule has 7 heteroatoms. The van der Waals surface area contributed by atoms with Crippen molar-refractivity contribution in [2.45, 2.75) is 83.9 Å². The highest BCUT2D eigenvalue weighted by atomic mass is 19.3. The fraction of sp³-hybridized carbons (Fsp3) is 0.889. The van der Waals surface area contributed by atoms with E-state index >= 15 is 0 Å². The summed E-state index contributed by atoms with van der Waals surface area (Å²) in [4.78, 5) is 28.5. The van der Waals surface area contributed by atoms with E-state index < -0.39 is 11.5 Å². The molecule has 1 aliphatic heterocycles. The van der Waals surface area contributed by atoms with Crippen LogP contribution in [0.5, 0.6) is 0 Å². The zero-order valence-electron chi connectivity index (χ0n) is 15.8. The minimum absolute atomic E-state index is 0.0568. The van der Waals surface area contributed by atoms with Crippen molar-refractivity contribution >= 4 is 12.0 Å². The molecule has 1 aliphatic carbocycles. The van der Waals surface area contributed by atoms with Gasteiger partial charge in [-0.05, 0) is 47.5 Å². The third-order valence-electron chi connectivity index (χ3n) is 4.96. The minimum atomic E-state index is -2.63. The van der Waals surface area contributed by atoms with Gasteiger partial charge in [0.25, 0.3) is 0 Å². The van der Waals surface area contributed by atoms with Crippen LogP contribution in [0.1, 0.15) is 60.3 Å². The van der Waals surface area contributed by atoms with Gasteiger partial charge in [0.15, 0.2) is 0 Å². The Morgan fingerprint density at radius 2 is 1.48 bits per heavy atom.